The van der Waals surface area contributed by atoms with E-state index in [1.807, 2.05) is 54.6 Å². The van der Waals surface area contributed by atoms with Crippen LogP contribution in [-0.4, -0.2) is 30.7 Å². The van der Waals surface area contributed by atoms with Crippen molar-refractivity contribution in [1.82, 2.24) is 5.32 Å². The number of hydrogen-bond acceptors (Lipinski definition) is 5. The molecule has 0 saturated carbocycles. The fraction of sp³-hybridized carbons (Fsp3) is 0.269. The molecule has 1 aromatic heterocycles. The average Bonchev–Trinajstić information content (AvgIpc) is 3.29. The number of nitrogens with one attached hydrogen (secondary N) is 2. The summed E-state index contributed by atoms with van der Waals surface area (Å²) in [5.41, 5.74) is 2.40. The largest absolute Gasteiger partial charge is 0.336 e. The maximum atomic E-state index is 13.2. The topological polar surface area (TPSA) is 73.8 Å². The molecule has 3 aromatic rings. The number of rotatable bonds is 7. The van der Waals surface area contributed by atoms with Gasteiger partial charge in [-0.25, -0.2) is 0 Å². The van der Waals surface area contributed by atoms with E-state index >= 15 is 0 Å². The van der Waals surface area contributed by atoms with Gasteiger partial charge in [-0.1, -0.05) is 55.8 Å². The summed E-state index contributed by atoms with van der Waals surface area (Å²) in [6, 6.07) is 19.4. The van der Waals surface area contributed by atoms with Crippen LogP contribution in [0.5, 0.6) is 0 Å². The lowest BCUT2D eigenvalue weighted by atomic mass is 10.1. The van der Waals surface area contributed by atoms with Gasteiger partial charge in [-0.2, -0.15) is 0 Å². The number of hydrogen-bond donors (Lipinski definition) is 2. The van der Waals surface area contributed by atoms with Crippen molar-refractivity contribution in [2.24, 2.45) is 10.9 Å². The molecule has 6 nitrogen and oxygen atoms in total. The molecule has 2 heterocycles. The molecule has 1 atom stereocenters. The first kappa shape index (κ1) is 24.0. The van der Waals surface area contributed by atoms with E-state index in [0.717, 1.165) is 31.0 Å². The Morgan fingerprint density at radius 2 is 1.76 bits per heavy atom. The summed E-state index contributed by atoms with van der Waals surface area (Å²) in [5.74, 6) is 0.760. The van der Waals surface area contributed by atoms with Gasteiger partial charge < -0.3 is 15.5 Å². The fourth-order valence-electron chi connectivity index (χ4n) is 3.90. The van der Waals surface area contributed by atoms with Crippen molar-refractivity contribution < 1.29 is 9.59 Å². The minimum Gasteiger partial charge on any atom is -0.336 e. The Hall–Kier alpha value is -3.16. The first-order valence-electron chi connectivity index (χ1n) is 11.3. The third-order valence-electron chi connectivity index (χ3n) is 5.52. The summed E-state index contributed by atoms with van der Waals surface area (Å²) in [6.07, 6.45) is 1.02. The highest BCUT2D eigenvalue weighted by atomic mass is 35.5. The van der Waals surface area contributed by atoms with E-state index in [4.69, 9.17) is 16.6 Å². The lowest BCUT2D eigenvalue weighted by Crippen LogP contribution is -2.38. The molecule has 176 valence electrons. The van der Waals surface area contributed by atoms with Crippen LogP contribution in [0.2, 0.25) is 4.34 Å². The first-order valence-corrected chi connectivity index (χ1v) is 12.5. The monoisotopic (exact) mass is 494 g/mol. The van der Waals surface area contributed by atoms with Crippen LogP contribution >= 0.6 is 22.9 Å². The standard InChI is InChI=1S/C26H27ClN4O2S/c1-17(2)24-28-15-6-16-31(24)20-11-9-19(10-12-20)29-26(33)23(18-7-4-3-5-8-18)30-25(32)21-13-14-22(27)34-21/h3-5,7-14,17,23H,6,15-16H2,1-2H3,(H,29,33)(H,30,32). The maximum Gasteiger partial charge on any atom is 0.262 e. The van der Waals surface area contributed by atoms with Crippen molar-refractivity contribution >= 4 is 52.0 Å². The van der Waals surface area contributed by atoms with Crippen molar-refractivity contribution in [3.63, 3.8) is 0 Å². The van der Waals surface area contributed by atoms with Gasteiger partial charge in [0.2, 0.25) is 0 Å². The molecule has 0 saturated heterocycles. The highest BCUT2D eigenvalue weighted by Crippen LogP contribution is 2.25. The van der Waals surface area contributed by atoms with Gasteiger partial charge in [0, 0.05) is 30.4 Å². The number of amidine groups is 1. The van der Waals surface area contributed by atoms with Crippen LogP contribution in [0.4, 0.5) is 11.4 Å². The van der Waals surface area contributed by atoms with E-state index in [9.17, 15) is 9.59 Å². The summed E-state index contributed by atoms with van der Waals surface area (Å²) < 4.78 is 0.519. The highest BCUT2D eigenvalue weighted by Gasteiger charge is 2.25. The fourth-order valence-corrected chi connectivity index (χ4v) is 4.85. The number of benzene rings is 2. The highest BCUT2D eigenvalue weighted by molar-refractivity contribution is 7.18. The van der Waals surface area contributed by atoms with Gasteiger partial charge in [-0.3, -0.25) is 14.6 Å². The summed E-state index contributed by atoms with van der Waals surface area (Å²) in [6.45, 7) is 6.09. The van der Waals surface area contributed by atoms with Crippen LogP contribution in [0.15, 0.2) is 71.7 Å². The second kappa shape index (κ2) is 10.8. The maximum absolute atomic E-state index is 13.2. The molecule has 8 heteroatoms. The molecule has 1 aliphatic heterocycles. The third-order valence-corrected chi connectivity index (χ3v) is 6.75. The van der Waals surface area contributed by atoms with Crippen molar-refractivity contribution in [1.29, 1.82) is 0 Å². The van der Waals surface area contributed by atoms with Crippen molar-refractivity contribution in [3.05, 3.63) is 81.5 Å². The molecular weight excluding hydrogens is 468 g/mol. The zero-order chi connectivity index (χ0) is 24.1. The van der Waals surface area contributed by atoms with E-state index in [2.05, 4.69) is 29.4 Å². The number of thiophene rings is 1. The number of aliphatic imine (C=N–C) groups is 1. The van der Waals surface area contributed by atoms with Gasteiger partial charge >= 0.3 is 0 Å². The molecule has 2 aromatic carbocycles. The minimum absolute atomic E-state index is 0.322. The summed E-state index contributed by atoms with van der Waals surface area (Å²) in [4.78, 5) is 33.4. The summed E-state index contributed by atoms with van der Waals surface area (Å²) in [5, 5.41) is 5.78. The second-order valence-corrected chi connectivity index (χ2v) is 10.1. The number of amides is 2. The van der Waals surface area contributed by atoms with Gasteiger partial charge in [-0.15, -0.1) is 11.3 Å². The molecule has 0 radical (unpaired) electrons. The van der Waals surface area contributed by atoms with Gasteiger partial charge in [0.05, 0.1) is 9.21 Å². The van der Waals surface area contributed by atoms with Crippen molar-refractivity contribution in [2.75, 3.05) is 23.3 Å². The molecule has 0 spiro atoms. The van der Waals surface area contributed by atoms with E-state index in [0.29, 0.717) is 26.4 Å². The van der Waals surface area contributed by atoms with Gasteiger partial charge in [0.15, 0.2) is 0 Å². The molecule has 0 bridgehead atoms. The Balaban J connectivity index is 1.50. The Morgan fingerprint density at radius 3 is 2.41 bits per heavy atom. The van der Waals surface area contributed by atoms with Crippen molar-refractivity contribution in [2.45, 2.75) is 26.3 Å². The molecule has 2 N–H and O–H groups in total. The van der Waals surface area contributed by atoms with Gasteiger partial charge in [0.25, 0.3) is 11.8 Å². The Kier molecular flexibility index (Phi) is 7.65. The second-order valence-electron chi connectivity index (χ2n) is 8.36. The zero-order valence-corrected chi connectivity index (χ0v) is 20.7. The smallest absolute Gasteiger partial charge is 0.262 e. The van der Waals surface area contributed by atoms with E-state index in [-0.39, 0.29) is 11.8 Å². The van der Waals surface area contributed by atoms with E-state index in [1.54, 1.807) is 12.1 Å². The molecule has 34 heavy (non-hydrogen) atoms. The zero-order valence-electron chi connectivity index (χ0n) is 19.1. The van der Waals surface area contributed by atoms with E-state index < -0.39 is 6.04 Å². The molecule has 4 rings (SSSR count). The molecule has 0 fully saturated rings. The van der Waals surface area contributed by atoms with Crippen molar-refractivity contribution in [3.8, 4) is 0 Å². The predicted molar refractivity (Wildman–Crippen MR) is 140 cm³/mol. The lowest BCUT2D eigenvalue weighted by Gasteiger charge is -2.31. The van der Waals surface area contributed by atoms with Gasteiger partial charge in [-0.05, 0) is 48.4 Å². The first-order chi connectivity index (χ1) is 16.4. The van der Waals surface area contributed by atoms with E-state index in [1.165, 1.54) is 11.3 Å². The quantitative estimate of drug-likeness (QED) is 0.437. The minimum atomic E-state index is -0.851. The Bertz CT molecular complexity index is 1180. The van der Waals surface area contributed by atoms with Crippen LogP contribution in [0.3, 0.4) is 0 Å². The molecule has 1 unspecified atom stereocenters. The van der Waals surface area contributed by atoms with Gasteiger partial charge in [0.1, 0.15) is 11.9 Å². The SMILES string of the molecule is CC(C)C1=NCCCN1c1ccc(NC(=O)C(NC(=O)c2ccc(Cl)s2)c2ccccc2)cc1. The summed E-state index contributed by atoms with van der Waals surface area (Å²) in [7, 11) is 0. The molecular formula is C26H27ClN4O2S. The predicted octanol–water partition coefficient (Wildman–Crippen LogP) is 5.78. The Labute approximate surface area is 208 Å². The number of carbonyl (C=O) groups excluding carboxylic acids is 2. The number of anilines is 2. The van der Waals surface area contributed by atoms with Crippen LogP contribution in [0.25, 0.3) is 0 Å². The molecule has 1 aliphatic rings. The Morgan fingerprint density at radius 1 is 1.03 bits per heavy atom. The number of nitrogens with zero attached hydrogens (tertiary/aromatic N) is 2. The van der Waals surface area contributed by atoms with Crippen LogP contribution < -0.4 is 15.5 Å². The number of carbonyl (C=O) groups is 2. The normalized spacial score (nSPS) is 14.5. The molecule has 2 amide bonds. The lowest BCUT2D eigenvalue weighted by molar-refractivity contribution is -0.118. The average molecular weight is 495 g/mol. The number of halogens is 1. The van der Waals surface area contributed by atoms with Crippen LogP contribution in [0.1, 0.15) is 41.5 Å². The van der Waals surface area contributed by atoms with Crippen LogP contribution in [0, 0.1) is 5.92 Å². The summed E-state index contributed by atoms with van der Waals surface area (Å²) >= 11 is 7.14. The third kappa shape index (κ3) is 5.66. The van der Waals surface area contributed by atoms with Crippen LogP contribution in [-0.2, 0) is 4.79 Å². The molecule has 0 aliphatic carbocycles.